The van der Waals surface area contributed by atoms with Crippen molar-refractivity contribution in [1.82, 2.24) is 0 Å². The van der Waals surface area contributed by atoms with Crippen LogP contribution in [0.2, 0.25) is 0 Å². The number of fused-ring (bicyclic) bond motifs is 1. The topological polar surface area (TPSA) is 40.2 Å². The molecule has 0 fully saturated rings. The first-order valence-electron chi connectivity index (χ1n) is 3.94. The summed E-state index contributed by atoms with van der Waals surface area (Å²) in [5.74, 6) is 0.714. The molecule has 2 aromatic rings. The van der Waals surface area contributed by atoms with Crippen LogP contribution in [0.25, 0.3) is 10.8 Å². The van der Waals surface area contributed by atoms with E-state index in [9.17, 15) is 0 Å². The molecule has 0 unspecified atom stereocenters. The molecule has 0 aliphatic rings. The smallest absolute Gasteiger partial charge is 0.270 e. The number of nitrogens with two attached hydrogens (primary N) is 1. The zero-order valence-electron chi connectivity index (χ0n) is 7.34. The minimum Gasteiger partial charge on any atom is -1.00 e. The van der Waals surface area contributed by atoms with E-state index in [0.29, 0.717) is 5.82 Å². The largest absolute Gasteiger partial charge is 1.00 e. The van der Waals surface area contributed by atoms with Gasteiger partial charge in [0.1, 0.15) is 5.69 Å². The number of nitrogen functional groups attached to an aromatic ring is 1. The quantitative estimate of drug-likeness (QED) is 0.548. The molecule has 0 atom stereocenters. The van der Waals surface area contributed by atoms with Gasteiger partial charge in [-0.2, -0.15) is 0 Å². The second-order valence-electron chi connectivity index (χ2n) is 2.94. The van der Waals surface area contributed by atoms with E-state index in [1.165, 1.54) is 10.8 Å². The van der Waals surface area contributed by atoms with Crippen LogP contribution in [-0.2, 0) is 0 Å². The summed E-state index contributed by atoms with van der Waals surface area (Å²) in [6, 6.07) is 10.1. The van der Waals surface area contributed by atoms with Gasteiger partial charge in [0.15, 0.2) is 0 Å². The Kier molecular flexibility index (Phi) is 2.73. The van der Waals surface area contributed by atoms with Crippen LogP contribution in [0, 0.1) is 6.92 Å². The highest BCUT2D eigenvalue weighted by Gasteiger charge is 2.01. The maximum absolute atomic E-state index is 5.67. The molecule has 1 heterocycles. The molecular weight excluding hydrogens is 184 g/mol. The van der Waals surface area contributed by atoms with Gasteiger partial charge in [-0.15, -0.1) is 0 Å². The van der Waals surface area contributed by atoms with Crippen LogP contribution >= 0.6 is 0 Å². The predicted molar refractivity (Wildman–Crippen MR) is 49.7 cm³/mol. The number of aromatic nitrogens is 1. The highest BCUT2D eigenvalue weighted by atomic mass is 35.5. The number of benzene rings is 1. The van der Waals surface area contributed by atoms with Gasteiger partial charge in [-0.1, -0.05) is 24.3 Å². The van der Waals surface area contributed by atoms with Crippen molar-refractivity contribution in [3.05, 3.63) is 36.0 Å². The van der Waals surface area contributed by atoms with Crippen molar-refractivity contribution in [3.8, 4) is 0 Å². The molecule has 2 nitrogen and oxygen atoms in total. The highest BCUT2D eigenvalue weighted by molar-refractivity contribution is 5.84. The number of hydrogen-bond acceptors (Lipinski definition) is 1. The number of halogens is 1. The Labute approximate surface area is 83.2 Å². The van der Waals surface area contributed by atoms with Gasteiger partial charge in [0, 0.05) is 11.5 Å². The number of pyridine rings is 1. The van der Waals surface area contributed by atoms with Crippen molar-refractivity contribution in [1.29, 1.82) is 0 Å². The molecule has 0 saturated carbocycles. The lowest BCUT2D eigenvalue weighted by molar-refractivity contribution is -0.367. The molecule has 0 bridgehead atoms. The summed E-state index contributed by atoms with van der Waals surface area (Å²) in [6.07, 6.45) is 0. The van der Waals surface area contributed by atoms with E-state index in [1.807, 2.05) is 25.1 Å². The van der Waals surface area contributed by atoms with Crippen molar-refractivity contribution >= 4 is 16.6 Å². The Morgan fingerprint density at radius 2 is 1.92 bits per heavy atom. The number of rotatable bonds is 0. The normalized spacial score (nSPS) is 9.62. The van der Waals surface area contributed by atoms with Crippen molar-refractivity contribution in [2.45, 2.75) is 6.92 Å². The van der Waals surface area contributed by atoms with Crippen LogP contribution in [0.1, 0.15) is 5.69 Å². The lowest BCUT2D eigenvalue weighted by Crippen LogP contribution is -3.00. The second kappa shape index (κ2) is 3.62. The van der Waals surface area contributed by atoms with Crippen molar-refractivity contribution in [2.75, 3.05) is 5.73 Å². The molecule has 0 spiro atoms. The second-order valence-corrected chi connectivity index (χ2v) is 2.94. The van der Waals surface area contributed by atoms with E-state index in [2.05, 4.69) is 17.1 Å². The van der Waals surface area contributed by atoms with Gasteiger partial charge in [0.2, 0.25) is 0 Å². The van der Waals surface area contributed by atoms with Crippen LogP contribution in [0.4, 0.5) is 5.82 Å². The van der Waals surface area contributed by atoms with Gasteiger partial charge in [-0.05, 0) is 12.3 Å². The Balaban J connectivity index is 0.000000845. The number of nitrogens with one attached hydrogen (secondary N) is 1. The molecule has 13 heavy (non-hydrogen) atoms. The maximum Gasteiger partial charge on any atom is 0.270 e. The molecule has 0 aliphatic carbocycles. The van der Waals surface area contributed by atoms with Gasteiger partial charge in [0.05, 0.1) is 0 Å². The van der Waals surface area contributed by atoms with Crippen LogP contribution in [0.15, 0.2) is 30.3 Å². The summed E-state index contributed by atoms with van der Waals surface area (Å²) in [5.41, 5.74) is 6.79. The third-order valence-electron chi connectivity index (χ3n) is 2.01. The van der Waals surface area contributed by atoms with E-state index >= 15 is 0 Å². The fraction of sp³-hybridized carbons (Fsp3) is 0.100. The fourth-order valence-electron chi connectivity index (χ4n) is 1.45. The average Bonchev–Trinajstić information content (AvgIpc) is 2.04. The molecule has 3 heteroatoms. The van der Waals surface area contributed by atoms with E-state index in [1.54, 1.807) is 0 Å². The highest BCUT2D eigenvalue weighted by Crippen LogP contribution is 2.15. The molecular formula is C10H11ClN2. The van der Waals surface area contributed by atoms with E-state index in [0.717, 1.165) is 5.69 Å². The van der Waals surface area contributed by atoms with Crippen LogP contribution in [-0.4, -0.2) is 0 Å². The molecule has 0 amide bonds. The molecule has 3 N–H and O–H groups in total. The molecule has 0 saturated heterocycles. The fourth-order valence-corrected chi connectivity index (χ4v) is 1.45. The SMILES string of the molecule is Cc1[nH+]c(N)cc2ccccc12.[Cl-]. The minimum absolute atomic E-state index is 0. The summed E-state index contributed by atoms with van der Waals surface area (Å²) in [6.45, 7) is 2.03. The molecule has 0 aliphatic heterocycles. The first-order valence-corrected chi connectivity index (χ1v) is 3.94. The van der Waals surface area contributed by atoms with Crippen LogP contribution in [0.5, 0.6) is 0 Å². The number of aryl methyl sites for hydroxylation is 1. The standard InChI is InChI=1S/C10H10N2.ClH/c1-7-9-5-3-2-4-8(9)6-10(11)12-7;/h2-6H,1H3,(H2,11,12);1H. The first-order chi connectivity index (χ1) is 5.77. The van der Waals surface area contributed by atoms with Gasteiger partial charge >= 0.3 is 0 Å². The molecule has 0 radical (unpaired) electrons. The van der Waals surface area contributed by atoms with Crippen molar-refractivity contribution in [3.63, 3.8) is 0 Å². The third-order valence-corrected chi connectivity index (χ3v) is 2.01. The molecule has 1 aromatic carbocycles. The summed E-state index contributed by atoms with van der Waals surface area (Å²) in [4.78, 5) is 3.09. The average molecular weight is 195 g/mol. The predicted octanol–water partition coefficient (Wildman–Crippen LogP) is -1.45. The Hall–Kier alpha value is -1.28. The molecule has 1 aromatic heterocycles. The van der Waals surface area contributed by atoms with Gasteiger partial charge in [-0.3, -0.25) is 5.73 Å². The molecule has 2 rings (SSSR count). The third kappa shape index (κ3) is 1.73. The van der Waals surface area contributed by atoms with Gasteiger partial charge in [-0.25, -0.2) is 4.98 Å². The van der Waals surface area contributed by atoms with E-state index in [-0.39, 0.29) is 12.4 Å². The molecule has 68 valence electrons. The van der Waals surface area contributed by atoms with Crippen LogP contribution in [0.3, 0.4) is 0 Å². The summed E-state index contributed by atoms with van der Waals surface area (Å²) < 4.78 is 0. The van der Waals surface area contributed by atoms with E-state index in [4.69, 9.17) is 5.73 Å². The van der Waals surface area contributed by atoms with Crippen LogP contribution < -0.4 is 23.1 Å². The monoisotopic (exact) mass is 194 g/mol. The summed E-state index contributed by atoms with van der Waals surface area (Å²) >= 11 is 0. The van der Waals surface area contributed by atoms with E-state index < -0.39 is 0 Å². The van der Waals surface area contributed by atoms with Crippen molar-refractivity contribution < 1.29 is 17.4 Å². The number of aromatic amines is 1. The zero-order valence-corrected chi connectivity index (χ0v) is 8.10. The Morgan fingerprint density at radius 1 is 1.23 bits per heavy atom. The minimum atomic E-state index is 0. The lowest BCUT2D eigenvalue weighted by atomic mass is 10.1. The zero-order chi connectivity index (χ0) is 8.55. The van der Waals surface area contributed by atoms with Gasteiger partial charge < -0.3 is 12.4 Å². The maximum atomic E-state index is 5.67. The lowest BCUT2D eigenvalue weighted by Gasteiger charge is -1.98. The summed E-state index contributed by atoms with van der Waals surface area (Å²) in [5, 5.41) is 2.41. The summed E-state index contributed by atoms with van der Waals surface area (Å²) in [7, 11) is 0. The van der Waals surface area contributed by atoms with Crippen molar-refractivity contribution in [2.24, 2.45) is 0 Å². The first kappa shape index (κ1) is 9.81. The Morgan fingerprint density at radius 3 is 2.69 bits per heavy atom. The van der Waals surface area contributed by atoms with Gasteiger partial charge in [0.25, 0.3) is 5.82 Å². The number of H-pyrrole nitrogens is 1. The number of anilines is 1. The Bertz CT molecular complexity index is 426. The number of hydrogen-bond donors (Lipinski definition) is 1.